The maximum absolute atomic E-state index is 12.4. The number of hydrogen-bond acceptors (Lipinski definition) is 3. The largest absolute Gasteiger partial charge is 0.334 e. The lowest BCUT2D eigenvalue weighted by Crippen LogP contribution is -2.28. The molecule has 0 atom stereocenters. The molecule has 0 aliphatic carbocycles. The monoisotopic (exact) mass is 322 g/mol. The predicted octanol–water partition coefficient (Wildman–Crippen LogP) is 4.36. The first-order valence-electron chi connectivity index (χ1n) is 7.61. The maximum Gasteiger partial charge on any atom is 0.246 e. The first-order valence-corrected chi connectivity index (χ1v) is 8.49. The van der Waals surface area contributed by atoms with E-state index in [1.54, 1.807) is 23.6 Å². The van der Waals surface area contributed by atoms with Gasteiger partial charge in [0.15, 0.2) is 0 Å². The third-order valence-corrected chi connectivity index (χ3v) is 4.55. The molecule has 3 nitrogen and oxygen atoms in total. The number of fused-ring (bicyclic) bond motifs is 1. The van der Waals surface area contributed by atoms with Gasteiger partial charge in [0.1, 0.15) is 0 Å². The van der Waals surface area contributed by atoms with E-state index in [4.69, 9.17) is 0 Å². The third kappa shape index (κ3) is 3.66. The van der Waals surface area contributed by atoms with Crippen molar-refractivity contribution >= 4 is 34.2 Å². The highest BCUT2D eigenvalue weighted by Crippen LogP contribution is 2.17. The molecule has 0 aliphatic rings. The van der Waals surface area contributed by atoms with E-state index in [-0.39, 0.29) is 5.91 Å². The Balaban J connectivity index is 1.78. The van der Waals surface area contributed by atoms with Crippen LogP contribution in [0.4, 0.5) is 0 Å². The van der Waals surface area contributed by atoms with Crippen molar-refractivity contribution in [3.63, 3.8) is 0 Å². The van der Waals surface area contributed by atoms with E-state index in [2.05, 4.69) is 11.1 Å². The van der Waals surface area contributed by atoms with Crippen LogP contribution >= 0.6 is 11.3 Å². The van der Waals surface area contributed by atoms with E-state index >= 15 is 0 Å². The molecule has 0 bridgehead atoms. The zero-order valence-electron chi connectivity index (χ0n) is 13.0. The molecule has 2 heterocycles. The second-order valence-corrected chi connectivity index (χ2v) is 6.22. The van der Waals surface area contributed by atoms with Crippen LogP contribution in [0, 0.1) is 0 Å². The van der Waals surface area contributed by atoms with Crippen molar-refractivity contribution < 1.29 is 4.79 Å². The summed E-state index contributed by atoms with van der Waals surface area (Å²) in [5, 5.41) is 3.11. The fraction of sp³-hybridized carbons (Fsp3) is 0.158. The van der Waals surface area contributed by atoms with Gasteiger partial charge in [0.25, 0.3) is 0 Å². The molecule has 0 saturated heterocycles. The quantitative estimate of drug-likeness (QED) is 0.654. The van der Waals surface area contributed by atoms with Crippen molar-refractivity contribution in [2.75, 3.05) is 6.54 Å². The number of amides is 1. The highest BCUT2D eigenvalue weighted by molar-refractivity contribution is 7.09. The molecule has 1 aromatic carbocycles. The minimum atomic E-state index is 0.0221. The van der Waals surface area contributed by atoms with Gasteiger partial charge in [-0.3, -0.25) is 9.78 Å². The second-order valence-electron chi connectivity index (χ2n) is 5.19. The van der Waals surface area contributed by atoms with E-state index in [0.29, 0.717) is 13.1 Å². The van der Waals surface area contributed by atoms with Crippen LogP contribution in [0.2, 0.25) is 0 Å². The number of rotatable bonds is 5. The van der Waals surface area contributed by atoms with Gasteiger partial charge in [-0.05, 0) is 30.5 Å². The first-order chi connectivity index (χ1) is 11.3. The first kappa shape index (κ1) is 15.4. The summed E-state index contributed by atoms with van der Waals surface area (Å²) in [6.45, 7) is 3.35. The number of likely N-dealkylation sites (N-methyl/N-ethyl adjacent to an activating group) is 1. The Morgan fingerprint density at radius 3 is 2.87 bits per heavy atom. The van der Waals surface area contributed by atoms with Crippen molar-refractivity contribution in [3.8, 4) is 0 Å². The Kier molecular flexibility index (Phi) is 4.83. The third-order valence-electron chi connectivity index (χ3n) is 3.69. The molecule has 3 rings (SSSR count). The fourth-order valence-electron chi connectivity index (χ4n) is 2.46. The number of carbonyl (C=O) groups excluding carboxylic acids is 1. The highest BCUT2D eigenvalue weighted by atomic mass is 32.1. The minimum absolute atomic E-state index is 0.0221. The lowest BCUT2D eigenvalue weighted by atomic mass is 10.1. The normalized spacial score (nSPS) is 11.2. The number of thiophene rings is 1. The summed E-state index contributed by atoms with van der Waals surface area (Å²) in [5.41, 5.74) is 1.88. The molecule has 0 saturated carbocycles. The van der Waals surface area contributed by atoms with E-state index in [1.165, 1.54) is 4.88 Å². The van der Waals surface area contributed by atoms with Gasteiger partial charge >= 0.3 is 0 Å². The maximum atomic E-state index is 12.4. The zero-order chi connectivity index (χ0) is 16.1. The van der Waals surface area contributed by atoms with Gasteiger partial charge in [-0.15, -0.1) is 11.3 Å². The number of nitrogens with zero attached hydrogens (tertiary/aromatic N) is 2. The van der Waals surface area contributed by atoms with Crippen molar-refractivity contribution in [1.29, 1.82) is 0 Å². The molecule has 4 heteroatoms. The fourth-order valence-corrected chi connectivity index (χ4v) is 3.18. The number of para-hydroxylation sites is 1. The standard InChI is InChI=1S/C19H18N2OS/c1-2-21(14-17-9-5-13-23-17)18(22)11-10-16-7-3-6-15-8-4-12-20-19(15)16/h3-13H,2,14H2,1H3/b11-10+. The molecule has 3 aromatic rings. The number of hydrogen-bond donors (Lipinski definition) is 0. The second kappa shape index (κ2) is 7.20. The van der Waals surface area contributed by atoms with E-state index in [1.807, 2.05) is 59.7 Å². The van der Waals surface area contributed by atoms with Crippen LogP contribution in [-0.4, -0.2) is 22.3 Å². The SMILES string of the molecule is CCN(Cc1cccs1)C(=O)/C=C/c1cccc2cccnc12. The van der Waals surface area contributed by atoms with Crippen molar-refractivity contribution in [2.24, 2.45) is 0 Å². The average Bonchev–Trinajstić information content (AvgIpc) is 3.10. The molecule has 0 radical (unpaired) electrons. The molecule has 116 valence electrons. The van der Waals surface area contributed by atoms with Crippen LogP contribution in [0.3, 0.4) is 0 Å². The van der Waals surface area contributed by atoms with E-state index in [0.717, 1.165) is 16.5 Å². The summed E-state index contributed by atoms with van der Waals surface area (Å²) >= 11 is 1.67. The minimum Gasteiger partial charge on any atom is -0.334 e. The van der Waals surface area contributed by atoms with Crippen LogP contribution in [0.5, 0.6) is 0 Å². The van der Waals surface area contributed by atoms with Gasteiger partial charge in [0, 0.05) is 34.6 Å². The lowest BCUT2D eigenvalue weighted by molar-refractivity contribution is -0.126. The molecule has 2 aromatic heterocycles. The summed E-state index contributed by atoms with van der Waals surface area (Å²) in [5.74, 6) is 0.0221. The summed E-state index contributed by atoms with van der Waals surface area (Å²) in [7, 11) is 0. The summed E-state index contributed by atoms with van der Waals surface area (Å²) in [6.07, 6.45) is 5.27. The van der Waals surface area contributed by atoms with Gasteiger partial charge in [-0.1, -0.05) is 30.3 Å². The Morgan fingerprint density at radius 1 is 1.22 bits per heavy atom. The molecule has 0 spiro atoms. The van der Waals surface area contributed by atoms with Gasteiger partial charge in [0.2, 0.25) is 5.91 Å². The zero-order valence-corrected chi connectivity index (χ0v) is 13.8. The summed E-state index contributed by atoms with van der Waals surface area (Å²) in [4.78, 5) is 19.9. The van der Waals surface area contributed by atoms with Crippen LogP contribution < -0.4 is 0 Å². The van der Waals surface area contributed by atoms with Crippen LogP contribution in [-0.2, 0) is 11.3 Å². The summed E-state index contributed by atoms with van der Waals surface area (Å²) < 4.78 is 0. The molecule has 0 fully saturated rings. The van der Waals surface area contributed by atoms with Crippen LogP contribution in [0.1, 0.15) is 17.4 Å². The van der Waals surface area contributed by atoms with Crippen molar-refractivity contribution in [3.05, 3.63) is 70.6 Å². The van der Waals surface area contributed by atoms with Gasteiger partial charge in [-0.25, -0.2) is 0 Å². The van der Waals surface area contributed by atoms with Crippen molar-refractivity contribution in [1.82, 2.24) is 9.88 Å². The number of aromatic nitrogens is 1. The number of pyridine rings is 1. The highest BCUT2D eigenvalue weighted by Gasteiger charge is 2.09. The van der Waals surface area contributed by atoms with Gasteiger partial charge in [-0.2, -0.15) is 0 Å². The Morgan fingerprint density at radius 2 is 2.09 bits per heavy atom. The predicted molar refractivity (Wildman–Crippen MR) is 96.2 cm³/mol. The molecule has 0 aliphatic heterocycles. The average molecular weight is 322 g/mol. The van der Waals surface area contributed by atoms with Crippen LogP contribution in [0.15, 0.2) is 60.1 Å². The summed E-state index contributed by atoms with van der Waals surface area (Å²) in [6, 6.07) is 14.0. The topological polar surface area (TPSA) is 33.2 Å². The molecule has 23 heavy (non-hydrogen) atoms. The number of carbonyl (C=O) groups is 1. The molecule has 0 unspecified atom stereocenters. The lowest BCUT2D eigenvalue weighted by Gasteiger charge is -2.18. The van der Waals surface area contributed by atoms with E-state index in [9.17, 15) is 4.79 Å². The van der Waals surface area contributed by atoms with Gasteiger partial charge in [0.05, 0.1) is 12.1 Å². The Hall–Kier alpha value is -2.46. The number of benzene rings is 1. The smallest absolute Gasteiger partial charge is 0.246 e. The van der Waals surface area contributed by atoms with E-state index < -0.39 is 0 Å². The molecule has 0 N–H and O–H groups in total. The molecular formula is C19H18N2OS. The molecule has 1 amide bonds. The van der Waals surface area contributed by atoms with Gasteiger partial charge < -0.3 is 4.90 Å². The molecular weight excluding hydrogens is 304 g/mol. The Bertz CT molecular complexity index is 819. The van der Waals surface area contributed by atoms with Crippen molar-refractivity contribution in [2.45, 2.75) is 13.5 Å². The Labute approximate surface area is 139 Å². The van der Waals surface area contributed by atoms with Crippen LogP contribution in [0.25, 0.3) is 17.0 Å².